The lowest BCUT2D eigenvalue weighted by atomic mass is 9.93. The van der Waals surface area contributed by atoms with Crippen LogP contribution in [-0.2, 0) is 17.8 Å². The van der Waals surface area contributed by atoms with Crippen LogP contribution >= 0.6 is 0 Å². The number of amides is 2. The molecule has 0 bridgehead atoms. The molecule has 1 aliphatic carbocycles. The molecule has 2 aromatic carbocycles. The van der Waals surface area contributed by atoms with Gasteiger partial charge in [-0.3, -0.25) is 9.59 Å². The fourth-order valence-corrected chi connectivity index (χ4v) is 5.48. The lowest BCUT2D eigenvalue weighted by molar-refractivity contribution is -0.133. The molecule has 2 amide bonds. The predicted molar refractivity (Wildman–Crippen MR) is 134 cm³/mol. The third-order valence-corrected chi connectivity index (χ3v) is 7.45. The Bertz CT molecular complexity index is 1150. The van der Waals surface area contributed by atoms with Crippen molar-refractivity contribution in [3.63, 3.8) is 0 Å². The molecule has 5 heteroatoms. The quantitative estimate of drug-likeness (QED) is 0.541. The first-order chi connectivity index (χ1) is 16.6. The van der Waals surface area contributed by atoms with Gasteiger partial charge in [0.1, 0.15) is 11.2 Å². The van der Waals surface area contributed by atoms with E-state index in [9.17, 15) is 9.59 Å². The maximum absolute atomic E-state index is 13.8. The lowest BCUT2D eigenvalue weighted by Gasteiger charge is -2.45. The topological polar surface area (TPSA) is 54.3 Å². The number of nitrogens with zero attached hydrogens (tertiary/aromatic N) is 2. The number of aromatic nitrogens is 1. The van der Waals surface area contributed by atoms with Crippen molar-refractivity contribution < 1.29 is 9.59 Å². The van der Waals surface area contributed by atoms with Gasteiger partial charge >= 0.3 is 0 Å². The summed E-state index contributed by atoms with van der Waals surface area (Å²) in [4.78, 5) is 29.3. The largest absolute Gasteiger partial charge is 0.351 e. The number of aryl methyl sites for hydroxylation is 1. The molecule has 3 aromatic rings. The first-order valence-corrected chi connectivity index (χ1v) is 12.5. The first kappa shape index (κ1) is 22.5. The van der Waals surface area contributed by atoms with Gasteiger partial charge in [-0.05, 0) is 55.9 Å². The Kier molecular flexibility index (Phi) is 6.27. The maximum Gasteiger partial charge on any atom is 0.271 e. The summed E-state index contributed by atoms with van der Waals surface area (Å²) in [6.45, 7) is 2.94. The Morgan fingerprint density at radius 3 is 2.29 bits per heavy atom. The fraction of sp³-hybridized carbons (Fsp3) is 0.379. The van der Waals surface area contributed by atoms with E-state index in [4.69, 9.17) is 0 Å². The van der Waals surface area contributed by atoms with Crippen LogP contribution < -0.4 is 5.32 Å². The van der Waals surface area contributed by atoms with Crippen molar-refractivity contribution in [3.05, 3.63) is 84.1 Å². The Labute approximate surface area is 201 Å². The van der Waals surface area contributed by atoms with Gasteiger partial charge in [0.2, 0.25) is 5.91 Å². The normalized spacial score (nSPS) is 20.4. The molecule has 1 aliphatic heterocycles. The van der Waals surface area contributed by atoms with Crippen molar-refractivity contribution >= 4 is 11.8 Å². The molecule has 5 rings (SSSR count). The standard InChI is InChI=1S/C29H33N3O2/c1-29(28(34)30-24-16-8-9-17-24)21-31-25(23-14-6-3-7-15-23)18-19-26(31)27(33)32(29)20-10-13-22-11-4-2-5-12-22/h2-7,11-12,14-15,18-19,24H,8-10,13,16-17,20-21H2,1H3,(H,30,34). The van der Waals surface area contributed by atoms with Gasteiger partial charge in [-0.2, -0.15) is 0 Å². The van der Waals surface area contributed by atoms with Crippen molar-refractivity contribution in [2.24, 2.45) is 0 Å². The minimum Gasteiger partial charge on any atom is -0.351 e. The molecule has 1 unspecified atom stereocenters. The van der Waals surface area contributed by atoms with Crippen LogP contribution in [0.2, 0.25) is 0 Å². The lowest BCUT2D eigenvalue weighted by Crippen LogP contribution is -2.65. The van der Waals surface area contributed by atoms with E-state index in [1.54, 1.807) is 0 Å². The number of hydrogen-bond donors (Lipinski definition) is 1. The van der Waals surface area contributed by atoms with Crippen LogP contribution in [0.4, 0.5) is 0 Å². The average Bonchev–Trinajstić information content (AvgIpc) is 3.52. The number of nitrogens with one attached hydrogen (secondary N) is 1. The highest BCUT2D eigenvalue weighted by atomic mass is 16.2. The van der Waals surface area contributed by atoms with Gasteiger partial charge in [-0.25, -0.2) is 0 Å². The van der Waals surface area contributed by atoms with Gasteiger partial charge in [-0.15, -0.1) is 0 Å². The van der Waals surface area contributed by atoms with Crippen molar-refractivity contribution in [1.29, 1.82) is 0 Å². The molecule has 0 spiro atoms. The van der Waals surface area contributed by atoms with E-state index in [2.05, 4.69) is 29.6 Å². The Morgan fingerprint density at radius 1 is 0.941 bits per heavy atom. The van der Waals surface area contributed by atoms with Gasteiger partial charge in [0.15, 0.2) is 0 Å². The van der Waals surface area contributed by atoms with E-state index in [-0.39, 0.29) is 17.9 Å². The van der Waals surface area contributed by atoms with Crippen LogP contribution in [0.3, 0.4) is 0 Å². The zero-order valence-electron chi connectivity index (χ0n) is 19.9. The smallest absolute Gasteiger partial charge is 0.271 e. The van der Waals surface area contributed by atoms with Gasteiger partial charge in [0, 0.05) is 18.3 Å². The number of hydrogen-bond acceptors (Lipinski definition) is 2. The highest BCUT2D eigenvalue weighted by Crippen LogP contribution is 2.34. The first-order valence-electron chi connectivity index (χ1n) is 12.5. The van der Waals surface area contributed by atoms with Crippen molar-refractivity contribution in [1.82, 2.24) is 14.8 Å². The molecule has 0 saturated heterocycles. The van der Waals surface area contributed by atoms with Gasteiger partial charge in [0.05, 0.1) is 6.54 Å². The zero-order chi connectivity index (χ0) is 23.5. The maximum atomic E-state index is 13.8. The van der Waals surface area contributed by atoms with Gasteiger partial charge < -0.3 is 14.8 Å². The summed E-state index contributed by atoms with van der Waals surface area (Å²) in [5.41, 5.74) is 3.00. The second kappa shape index (κ2) is 9.49. The molecule has 1 fully saturated rings. The van der Waals surface area contributed by atoms with Crippen LogP contribution in [-0.4, -0.2) is 39.4 Å². The molecular formula is C29H33N3O2. The molecule has 1 aromatic heterocycles. The number of fused-ring (bicyclic) bond motifs is 1. The van der Waals surface area contributed by atoms with Crippen LogP contribution in [0.25, 0.3) is 11.3 Å². The number of rotatable bonds is 7. The summed E-state index contributed by atoms with van der Waals surface area (Å²) in [6, 6.07) is 24.5. The minimum absolute atomic E-state index is 0.0363. The SMILES string of the molecule is CC1(C(=O)NC2CCCC2)Cn2c(ccc2-c2ccccc2)C(=O)N1CCCc1ccccc1. The van der Waals surface area contributed by atoms with E-state index in [0.29, 0.717) is 18.8 Å². The van der Waals surface area contributed by atoms with E-state index >= 15 is 0 Å². The predicted octanol–water partition coefficient (Wildman–Crippen LogP) is 5.06. The molecule has 34 heavy (non-hydrogen) atoms. The van der Waals surface area contributed by atoms with E-state index in [0.717, 1.165) is 49.8 Å². The third kappa shape index (κ3) is 4.27. The molecule has 0 radical (unpaired) electrons. The van der Waals surface area contributed by atoms with Crippen LogP contribution in [0.1, 0.15) is 55.1 Å². The van der Waals surface area contributed by atoms with Crippen LogP contribution in [0, 0.1) is 0 Å². The number of carbonyl (C=O) groups excluding carboxylic acids is 2. The summed E-state index contributed by atoms with van der Waals surface area (Å²) >= 11 is 0. The molecule has 1 saturated carbocycles. The highest BCUT2D eigenvalue weighted by molar-refractivity contribution is 6.00. The summed E-state index contributed by atoms with van der Waals surface area (Å²) in [7, 11) is 0. The summed E-state index contributed by atoms with van der Waals surface area (Å²) in [6.07, 6.45) is 6.04. The summed E-state index contributed by atoms with van der Waals surface area (Å²) in [5.74, 6) is -0.101. The Morgan fingerprint density at radius 2 is 1.59 bits per heavy atom. The van der Waals surface area contributed by atoms with Gasteiger partial charge in [0.25, 0.3) is 5.91 Å². The Hall–Kier alpha value is -3.34. The van der Waals surface area contributed by atoms with Crippen LogP contribution in [0.5, 0.6) is 0 Å². The molecule has 2 aliphatic rings. The van der Waals surface area contributed by atoms with Crippen molar-refractivity contribution in [2.45, 2.75) is 63.6 Å². The monoisotopic (exact) mass is 455 g/mol. The van der Waals surface area contributed by atoms with Crippen molar-refractivity contribution in [3.8, 4) is 11.3 Å². The molecular weight excluding hydrogens is 422 g/mol. The van der Waals surface area contributed by atoms with Crippen LogP contribution in [0.15, 0.2) is 72.8 Å². The van der Waals surface area contributed by atoms with E-state index < -0.39 is 5.54 Å². The number of benzene rings is 2. The Balaban J connectivity index is 1.45. The van der Waals surface area contributed by atoms with Gasteiger partial charge in [-0.1, -0.05) is 73.5 Å². The number of carbonyl (C=O) groups is 2. The molecule has 1 N–H and O–H groups in total. The zero-order valence-corrected chi connectivity index (χ0v) is 19.9. The van der Waals surface area contributed by atoms with E-state index in [1.165, 1.54) is 5.56 Å². The molecule has 5 nitrogen and oxygen atoms in total. The molecule has 176 valence electrons. The molecule has 2 heterocycles. The fourth-order valence-electron chi connectivity index (χ4n) is 5.48. The summed E-state index contributed by atoms with van der Waals surface area (Å²) < 4.78 is 2.04. The average molecular weight is 456 g/mol. The van der Waals surface area contributed by atoms with Crippen molar-refractivity contribution in [2.75, 3.05) is 6.54 Å². The molecule has 1 atom stereocenters. The third-order valence-electron chi connectivity index (χ3n) is 7.45. The summed E-state index contributed by atoms with van der Waals surface area (Å²) in [5, 5.41) is 3.28. The second-order valence-corrected chi connectivity index (χ2v) is 9.83. The second-order valence-electron chi connectivity index (χ2n) is 9.83. The van der Waals surface area contributed by atoms with E-state index in [1.807, 2.05) is 64.9 Å². The highest BCUT2D eigenvalue weighted by Gasteiger charge is 2.48. The minimum atomic E-state index is -0.939.